The van der Waals surface area contributed by atoms with Crippen molar-refractivity contribution >= 4 is 11.7 Å². The van der Waals surface area contributed by atoms with E-state index in [0.29, 0.717) is 18.5 Å². The molecule has 20 heavy (non-hydrogen) atoms. The Morgan fingerprint density at radius 3 is 2.85 bits per heavy atom. The fourth-order valence-corrected chi connectivity index (χ4v) is 2.53. The van der Waals surface area contributed by atoms with Gasteiger partial charge in [-0.3, -0.25) is 4.79 Å². The molecule has 1 aromatic rings. The molecule has 6 nitrogen and oxygen atoms in total. The molecule has 1 unspecified atom stereocenters. The first-order valence-electron chi connectivity index (χ1n) is 6.67. The van der Waals surface area contributed by atoms with Crippen LogP contribution in [0.15, 0.2) is 29.4 Å². The first-order valence-corrected chi connectivity index (χ1v) is 6.67. The number of carbonyl (C=O) groups excluding carboxylic acids is 1. The highest BCUT2D eigenvalue weighted by Crippen LogP contribution is 2.21. The van der Waals surface area contributed by atoms with Crippen LogP contribution in [0.2, 0.25) is 0 Å². The molecule has 1 atom stereocenters. The van der Waals surface area contributed by atoms with E-state index in [1.54, 1.807) is 29.2 Å². The third kappa shape index (κ3) is 3.01. The Bertz CT molecular complexity index is 516. The average Bonchev–Trinajstić information content (AvgIpc) is 2.48. The number of phenolic OH excluding ortho intramolecular Hbond substituents is 1. The van der Waals surface area contributed by atoms with Crippen LogP contribution in [-0.4, -0.2) is 39.5 Å². The van der Waals surface area contributed by atoms with Gasteiger partial charge in [-0.2, -0.15) is 0 Å². The summed E-state index contributed by atoms with van der Waals surface area (Å²) in [5, 5.41) is 21.5. The van der Waals surface area contributed by atoms with Gasteiger partial charge in [0.25, 0.3) is 0 Å². The Kier molecular flexibility index (Phi) is 4.45. The van der Waals surface area contributed by atoms with Crippen LogP contribution in [0.5, 0.6) is 5.75 Å². The number of amides is 1. The number of oxime groups is 1. The number of benzene rings is 1. The van der Waals surface area contributed by atoms with Crippen LogP contribution in [0.1, 0.15) is 24.8 Å². The summed E-state index contributed by atoms with van der Waals surface area (Å²) >= 11 is 0. The number of aromatic hydroxyl groups is 1. The molecule has 1 aliphatic heterocycles. The quantitative estimate of drug-likeness (QED) is 0.333. The second-order valence-electron chi connectivity index (χ2n) is 4.93. The minimum Gasteiger partial charge on any atom is -0.508 e. The molecule has 2 rings (SSSR count). The number of nitrogens with zero attached hydrogens (tertiary/aromatic N) is 2. The minimum absolute atomic E-state index is 0.0651. The van der Waals surface area contributed by atoms with Crippen molar-refractivity contribution in [2.75, 3.05) is 6.54 Å². The lowest BCUT2D eigenvalue weighted by Gasteiger charge is -2.35. The maximum Gasteiger partial charge on any atom is 0.227 e. The molecule has 0 radical (unpaired) electrons. The van der Waals surface area contributed by atoms with Crippen molar-refractivity contribution < 1.29 is 15.1 Å². The molecule has 1 aliphatic rings. The molecule has 1 aromatic carbocycles. The van der Waals surface area contributed by atoms with E-state index in [0.717, 1.165) is 12.8 Å². The maximum absolute atomic E-state index is 12.4. The number of nitrogens with two attached hydrogens (primary N) is 1. The van der Waals surface area contributed by atoms with Gasteiger partial charge < -0.3 is 20.9 Å². The van der Waals surface area contributed by atoms with Gasteiger partial charge in [0.15, 0.2) is 5.84 Å². The average molecular weight is 277 g/mol. The van der Waals surface area contributed by atoms with Gasteiger partial charge in [-0.25, -0.2) is 0 Å². The van der Waals surface area contributed by atoms with Gasteiger partial charge in [0.2, 0.25) is 5.91 Å². The molecule has 0 aromatic heterocycles. The number of hydrogen-bond acceptors (Lipinski definition) is 4. The van der Waals surface area contributed by atoms with Crippen LogP contribution in [-0.2, 0) is 11.2 Å². The smallest absolute Gasteiger partial charge is 0.227 e. The molecule has 0 aliphatic carbocycles. The lowest BCUT2D eigenvalue weighted by Crippen LogP contribution is -2.51. The molecule has 4 N–H and O–H groups in total. The summed E-state index contributed by atoms with van der Waals surface area (Å²) in [6, 6.07) is 6.41. The Morgan fingerprint density at radius 1 is 1.40 bits per heavy atom. The van der Waals surface area contributed by atoms with Crippen molar-refractivity contribution in [3.8, 4) is 5.75 Å². The van der Waals surface area contributed by atoms with E-state index in [2.05, 4.69) is 5.16 Å². The molecule has 0 spiro atoms. The molecule has 0 saturated carbocycles. The van der Waals surface area contributed by atoms with Gasteiger partial charge in [0.1, 0.15) is 5.75 Å². The zero-order valence-electron chi connectivity index (χ0n) is 11.2. The zero-order valence-corrected chi connectivity index (χ0v) is 11.2. The largest absolute Gasteiger partial charge is 0.508 e. The summed E-state index contributed by atoms with van der Waals surface area (Å²) in [6.07, 6.45) is 2.66. The third-order valence-corrected chi connectivity index (χ3v) is 3.61. The topological polar surface area (TPSA) is 99.2 Å². The summed E-state index contributed by atoms with van der Waals surface area (Å²) in [4.78, 5) is 14.0. The lowest BCUT2D eigenvalue weighted by molar-refractivity contribution is -0.132. The predicted octanol–water partition coefficient (Wildman–Crippen LogP) is 1.06. The van der Waals surface area contributed by atoms with Crippen molar-refractivity contribution in [3.05, 3.63) is 29.8 Å². The van der Waals surface area contributed by atoms with E-state index in [-0.39, 0.29) is 30.0 Å². The number of piperidine rings is 1. The minimum atomic E-state index is -0.355. The zero-order chi connectivity index (χ0) is 14.5. The van der Waals surface area contributed by atoms with Crippen LogP contribution < -0.4 is 5.73 Å². The van der Waals surface area contributed by atoms with Gasteiger partial charge in [-0.05, 0) is 25.3 Å². The second-order valence-corrected chi connectivity index (χ2v) is 4.93. The van der Waals surface area contributed by atoms with Gasteiger partial charge in [0, 0.05) is 12.1 Å². The van der Waals surface area contributed by atoms with Gasteiger partial charge in [-0.1, -0.05) is 23.4 Å². The fourth-order valence-electron chi connectivity index (χ4n) is 2.53. The molecule has 108 valence electrons. The summed E-state index contributed by atoms with van der Waals surface area (Å²) in [5.74, 6) is 0.0522. The van der Waals surface area contributed by atoms with Gasteiger partial charge in [0.05, 0.1) is 12.5 Å². The molecule has 1 saturated heterocycles. The summed E-state index contributed by atoms with van der Waals surface area (Å²) in [7, 11) is 0. The number of rotatable bonds is 3. The van der Waals surface area contributed by atoms with Crippen LogP contribution >= 0.6 is 0 Å². The maximum atomic E-state index is 12.4. The fraction of sp³-hybridized carbons (Fsp3) is 0.429. The number of amidine groups is 1. The predicted molar refractivity (Wildman–Crippen MR) is 74.6 cm³/mol. The molecule has 6 heteroatoms. The number of phenols is 1. The Morgan fingerprint density at radius 2 is 2.15 bits per heavy atom. The van der Waals surface area contributed by atoms with Crippen molar-refractivity contribution in [2.45, 2.75) is 31.7 Å². The van der Waals surface area contributed by atoms with Crippen LogP contribution in [0.4, 0.5) is 0 Å². The van der Waals surface area contributed by atoms with E-state index >= 15 is 0 Å². The lowest BCUT2D eigenvalue weighted by atomic mass is 10.00. The highest BCUT2D eigenvalue weighted by Gasteiger charge is 2.29. The molecule has 0 bridgehead atoms. The second kappa shape index (κ2) is 6.27. The van der Waals surface area contributed by atoms with Crippen LogP contribution in [0.25, 0.3) is 0 Å². The molecule has 1 heterocycles. The number of likely N-dealkylation sites (tertiary alicyclic amines) is 1. The van der Waals surface area contributed by atoms with Crippen molar-refractivity contribution in [3.63, 3.8) is 0 Å². The number of carbonyl (C=O) groups is 1. The first kappa shape index (κ1) is 14.2. The Labute approximate surface area is 117 Å². The summed E-state index contributed by atoms with van der Waals surface area (Å²) in [5.41, 5.74) is 6.24. The molecule has 1 fully saturated rings. The first-order chi connectivity index (χ1) is 9.63. The van der Waals surface area contributed by atoms with E-state index in [9.17, 15) is 9.90 Å². The van der Waals surface area contributed by atoms with Crippen molar-refractivity contribution in [1.29, 1.82) is 0 Å². The van der Waals surface area contributed by atoms with Crippen LogP contribution in [0.3, 0.4) is 0 Å². The van der Waals surface area contributed by atoms with Crippen LogP contribution in [0, 0.1) is 0 Å². The van der Waals surface area contributed by atoms with E-state index in [1.165, 1.54) is 0 Å². The van der Waals surface area contributed by atoms with E-state index < -0.39 is 0 Å². The highest BCUT2D eigenvalue weighted by molar-refractivity contribution is 5.90. The molecule has 1 amide bonds. The normalized spacial score (nSPS) is 19.9. The SMILES string of the molecule is N/C(=N/O)C1CCCCN1C(=O)Cc1ccccc1O. The number of para-hydroxylation sites is 1. The van der Waals surface area contributed by atoms with E-state index in [4.69, 9.17) is 10.9 Å². The highest BCUT2D eigenvalue weighted by atomic mass is 16.4. The van der Waals surface area contributed by atoms with E-state index in [1.807, 2.05) is 0 Å². The monoisotopic (exact) mass is 277 g/mol. The van der Waals surface area contributed by atoms with Crippen molar-refractivity contribution in [2.24, 2.45) is 10.9 Å². The van der Waals surface area contributed by atoms with Gasteiger partial charge in [-0.15, -0.1) is 0 Å². The summed E-state index contributed by atoms with van der Waals surface area (Å²) in [6.45, 7) is 0.591. The number of hydrogen-bond donors (Lipinski definition) is 3. The Balaban J connectivity index is 2.12. The standard InChI is InChI=1S/C14H19N3O3/c15-14(16-20)11-6-3-4-8-17(11)13(19)9-10-5-1-2-7-12(10)18/h1-2,5,7,11,18,20H,3-4,6,8-9H2,(H2,15,16). The third-order valence-electron chi connectivity index (χ3n) is 3.61. The molecular formula is C14H19N3O3. The van der Waals surface area contributed by atoms with Crippen molar-refractivity contribution in [1.82, 2.24) is 4.90 Å². The Hall–Kier alpha value is -2.24. The molecular weight excluding hydrogens is 258 g/mol. The summed E-state index contributed by atoms with van der Waals surface area (Å²) < 4.78 is 0. The van der Waals surface area contributed by atoms with Gasteiger partial charge >= 0.3 is 0 Å².